The average molecular weight is 490 g/mol. The number of methoxy groups -OCH3 is 3. The van der Waals surface area contributed by atoms with Crippen molar-refractivity contribution in [2.24, 2.45) is 0 Å². The van der Waals surface area contributed by atoms with Gasteiger partial charge in [0.05, 0.1) is 27.5 Å². The van der Waals surface area contributed by atoms with E-state index in [1.54, 1.807) is 21.3 Å². The maximum atomic E-state index is 5.47. The van der Waals surface area contributed by atoms with Gasteiger partial charge in [0.25, 0.3) is 0 Å². The van der Waals surface area contributed by atoms with Crippen LogP contribution in [0.4, 0.5) is 0 Å². The van der Waals surface area contributed by atoms with Crippen molar-refractivity contribution in [1.29, 1.82) is 0 Å². The predicted octanol–water partition coefficient (Wildman–Crippen LogP) is 5.80. The summed E-state index contributed by atoms with van der Waals surface area (Å²) in [4.78, 5) is 1.29. The minimum Gasteiger partial charge on any atom is -0.497 e. The van der Waals surface area contributed by atoms with Crippen LogP contribution >= 0.6 is 19.0 Å². The summed E-state index contributed by atoms with van der Waals surface area (Å²) in [5.74, 6) is 3.60. The van der Waals surface area contributed by atoms with E-state index in [2.05, 4.69) is 103 Å². The Morgan fingerprint density at radius 3 is 1.26 bits per heavy atom. The van der Waals surface area contributed by atoms with E-state index in [-0.39, 0.29) is 0 Å². The van der Waals surface area contributed by atoms with Crippen molar-refractivity contribution in [3.63, 3.8) is 0 Å². The van der Waals surface area contributed by atoms with Gasteiger partial charge in [-0.05, 0) is 84.9 Å². The zero-order valence-electron chi connectivity index (χ0n) is 19.8. The zero-order chi connectivity index (χ0) is 23.8. The molecule has 3 nitrogen and oxygen atoms in total. The van der Waals surface area contributed by atoms with Gasteiger partial charge in [-0.2, -0.15) is 0 Å². The zero-order valence-corrected chi connectivity index (χ0v) is 21.5. The molecule has 0 aliphatic carbocycles. The molecule has 0 aromatic heterocycles. The normalized spacial score (nSPS) is 11.1. The van der Waals surface area contributed by atoms with Gasteiger partial charge in [-0.1, -0.05) is 18.2 Å². The molecule has 0 amide bonds. The highest BCUT2D eigenvalue weighted by atomic mass is 32.2. The lowest BCUT2D eigenvalue weighted by molar-refractivity contribution is 0.415. The predicted molar refractivity (Wildman–Crippen MR) is 147 cm³/mol. The Hall–Kier alpha value is -2.94. The number of thioether (sulfide) groups is 1. The highest BCUT2D eigenvalue weighted by Gasteiger charge is 2.45. The van der Waals surface area contributed by atoms with Crippen molar-refractivity contribution < 1.29 is 14.2 Å². The third-order valence-corrected chi connectivity index (χ3v) is 11.7. The van der Waals surface area contributed by atoms with E-state index in [1.165, 1.54) is 20.8 Å². The van der Waals surface area contributed by atoms with Crippen molar-refractivity contribution in [2.75, 3.05) is 33.2 Å². The molecule has 0 radical (unpaired) electrons. The molecule has 34 heavy (non-hydrogen) atoms. The summed E-state index contributed by atoms with van der Waals surface area (Å²) in [6.45, 7) is 0. The number of rotatable bonds is 10. The molecule has 4 aromatic rings. The Labute approximate surface area is 207 Å². The smallest absolute Gasteiger partial charge is 0.119 e. The van der Waals surface area contributed by atoms with Gasteiger partial charge in [-0.15, -0.1) is 11.8 Å². The first-order valence-corrected chi connectivity index (χ1v) is 14.2. The Morgan fingerprint density at radius 1 is 0.529 bits per heavy atom. The van der Waals surface area contributed by atoms with E-state index in [1.807, 2.05) is 11.8 Å². The van der Waals surface area contributed by atoms with Crippen molar-refractivity contribution >= 4 is 34.9 Å². The lowest BCUT2D eigenvalue weighted by atomic mass is 10.3. The second-order valence-corrected chi connectivity index (χ2v) is 12.6. The third-order valence-electron chi connectivity index (χ3n) is 5.98. The summed E-state index contributed by atoms with van der Waals surface area (Å²) in [7, 11) is 3.16. The molecule has 0 aliphatic heterocycles. The largest absolute Gasteiger partial charge is 0.497 e. The van der Waals surface area contributed by atoms with Crippen molar-refractivity contribution in [3.05, 3.63) is 103 Å². The molecule has 0 bridgehead atoms. The molecule has 0 saturated heterocycles. The first-order valence-electron chi connectivity index (χ1n) is 11.2. The standard InChI is InChI=1S/C29H30O3PS/c1-30-23-9-15-26(16-10-23)33(27-17-11-24(31-2)12-18-27,28-19-13-25(32-3)14-20-28)21-22-34-29-7-5-4-6-8-29/h4-20H,21-22H2,1-3H3/q+1. The fourth-order valence-corrected chi connectivity index (χ4v) is 9.85. The minimum atomic E-state index is -1.97. The lowest BCUT2D eigenvalue weighted by Gasteiger charge is -2.28. The van der Waals surface area contributed by atoms with Crippen LogP contribution in [0.1, 0.15) is 0 Å². The molecule has 0 fully saturated rings. The molecule has 174 valence electrons. The van der Waals surface area contributed by atoms with E-state index in [4.69, 9.17) is 14.2 Å². The maximum absolute atomic E-state index is 5.47. The fraction of sp³-hybridized carbons (Fsp3) is 0.172. The number of benzene rings is 4. The Balaban J connectivity index is 1.84. The van der Waals surface area contributed by atoms with E-state index in [9.17, 15) is 0 Å². The number of hydrogen-bond acceptors (Lipinski definition) is 4. The van der Waals surface area contributed by atoms with Gasteiger partial charge in [0, 0.05) is 10.6 Å². The van der Waals surface area contributed by atoms with Crippen LogP contribution in [0.3, 0.4) is 0 Å². The van der Waals surface area contributed by atoms with Crippen LogP contribution < -0.4 is 30.1 Å². The van der Waals surface area contributed by atoms with Crippen LogP contribution in [0, 0.1) is 0 Å². The molecule has 0 spiro atoms. The molecule has 4 rings (SSSR count). The fourth-order valence-electron chi connectivity index (χ4n) is 4.16. The van der Waals surface area contributed by atoms with Gasteiger partial charge in [0.15, 0.2) is 0 Å². The highest BCUT2D eigenvalue weighted by Crippen LogP contribution is 2.56. The summed E-state index contributed by atoms with van der Waals surface area (Å²) in [6, 6.07) is 36.4. The average Bonchev–Trinajstić information content (AvgIpc) is 2.92. The van der Waals surface area contributed by atoms with Crippen molar-refractivity contribution in [2.45, 2.75) is 4.90 Å². The van der Waals surface area contributed by atoms with E-state index >= 15 is 0 Å². The molecule has 0 saturated carbocycles. The second-order valence-electron chi connectivity index (χ2n) is 7.79. The molecular weight excluding hydrogens is 459 g/mol. The van der Waals surface area contributed by atoms with Crippen LogP contribution in [0.25, 0.3) is 0 Å². The number of hydrogen-bond donors (Lipinski definition) is 0. The van der Waals surface area contributed by atoms with E-state index in [0.717, 1.165) is 29.2 Å². The molecule has 0 N–H and O–H groups in total. The van der Waals surface area contributed by atoms with Gasteiger partial charge < -0.3 is 14.2 Å². The Morgan fingerprint density at radius 2 is 0.912 bits per heavy atom. The van der Waals surface area contributed by atoms with Gasteiger partial charge in [0.2, 0.25) is 0 Å². The molecule has 0 heterocycles. The summed E-state index contributed by atoms with van der Waals surface area (Å²) in [6.07, 6.45) is 1.03. The molecule has 5 heteroatoms. The first kappa shape index (κ1) is 24.2. The quantitative estimate of drug-likeness (QED) is 0.208. The van der Waals surface area contributed by atoms with Crippen molar-refractivity contribution in [3.8, 4) is 17.2 Å². The molecular formula is C29H30O3PS+. The van der Waals surface area contributed by atoms with E-state index < -0.39 is 7.26 Å². The van der Waals surface area contributed by atoms with Crippen LogP contribution in [0.5, 0.6) is 17.2 Å². The van der Waals surface area contributed by atoms with Crippen LogP contribution in [-0.2, 0) is 0 Å². The summed E-state index contributed by atoms with van der Waals surface area (Å²) < 4.78 is 16.4. The summed E-state index contributed by atoms with van der Waals surface area (Å²) >= 11 is 1.91. The summed E-state index contributed by atoms with van der Waals surface area (Å²) in [5, 5.41) is 3.99. The Kier molecular flexibility index (Phi) is 8.16. The first-order chi connectivity index (χ1) is 16.7. The van der Waals surface area contributed by atoms with Crippen LogP contribution in [0.15, 0.2) is 108 Å². The monoisotopic (exact) mass is 489 g/mol. The van der Waals surface area contributed by atoms with Gasteiger partial charge in [0.1, 0.15) is 40.4 Å². The van der Waals surface area contributed by atoms with E-state index in [0.29, 0.717) is 0 Å². The summed E-state index contributed by atoms with van der Waals surface area (Å²) in [5.41, 5.74) is 0. The van der Waals surface area contributed by atoms with Crippen LogP contribution in [-0.4, -0.2) is 33.2 Å². The molecule has 0 aliphatic rings. The van der Waals surface area contributed by atoms with Crippen molar-refractivity contribution in [1.82, 2.24) is 0 Å². The molecule has 4 aromatic carbocycles. The van der Waals surface area contributed by atoms with Crippen LogP contribution in [0.2, 0.25) is 0 Å². The SMILES string of the molecule is COc1ccc([P+](CCSc2ccccc2)(c2ccc(OC)cc2)c2ccc(OC)cc2)cc1. The third kappa shape index (κ3) is 5.24. The maximum Gasteiger partial charge on any atom is 0.119 e. The van der Waals surface area contributed by atoms with Gasteiger partial charge in [-0.3, -0.25) is 0 Å². The lowest BCUT2D eigenvalue weighted by Crippen LogP contribution is -2.34. The molecule has 0 atom stereocenters. The van der Waals surface area contributed by atoms with Gasteiger partial charge >= 0.3 is 0 Å². The second kappa shape index (κ2) is 11.5. The number of ether oxygens (including phenoxy) is 3. The minimum absolute atomic E-state index is 0.866. The molecule has 0 unspecified atom stereocenters. The van der Waals surface area contributed by atoms with Gasteiger partial charge in [-0.25, -0.2) is 0 Å². The Bertz CT molecular complexity index is 1050. The highest BCUT2D eigenvalue weighted by molar-refractivity contribution is 8.01. The topological polar surface area (TPSA) is 27.7 Å².